The van der Waals surface area contributed by atoms with Crippen molar-refractivity contribution in [2.75, 3.05) is 6.54 Å². The van der Waals surface area contributed by atoms with E-state index in [1.54, 1.807) is 6.33 Å². The van der Waals surface area contributed by atoms with E-state index in [1.807, 2.05) is 41.1 Å². The molecule has 0 saturated heterocycles. The zero-order valence-electron chi connectivity index (χ0n) is 11.3. The van der Waals surface area contributed by atoms with Crippen molar-refractivity contribution in [1.29, 1.82) is 0 Å². The first-order chi connectivity index (χ1) is 9.70. The third kappa shape index (κ3) is 3.68. The molecule has 0 radical (unpaired) electrons. The molecule has 2 rings (SSSR count). The van der Waals surface area contributed by atoms with Crippen molar-refractivity contribution in [2.24, 2.45) is 11.7 Å². The number of aromatic nitrogens is 2. The molecule has 1 heterocycles. The Kier molecular flexibility index (Phi) is 4.90. The lowest BCUT2D eigenvalue weighted by atomic mass is 9.98. The standard InChI is InChI=1S/C15H19N3O2/c16-8-4-5-12(15(19)20)9-13-10-18(11-17-13)14-6-2-1-3-7-14/h1-3,6-7,10-12H,4-5,8-9,16H2,(H,19,20). The highest BCUT2D eigenvalue weighted by Crippen LogP contribution is 2.15. The maximum Gasteiger partial charge on any atom is 0.306 e. The summed E-state index contributed by atoms with van der Waals surface area (Å²) in [7, 11) is 0. The Labute approximate surface area is 118 Å². The maximum absolute atomic E-state index is 11.2. The van der Waals surface area contributed by atoms with Crippen LogP contribution in [0, 0.1) is 5.92 Å². The summed E-state index contributed by atoms with van der Waals surface area (Å²) in [4.78, 5) is 15.5. The molecule has 0 amide bonds. The lowest BCUT2D eigenvalue weighted by molar-refractivity contribution is -0.142. The van der Waals surface area contributed by atoms with Crippen LogP contribution in [0.4, 0.5) is 0 Å². The zero-order chi connectivity index (χ0) is 14.4. The first-order valence-electron chi connectivity index (χ1n) is 6.72. The fourth-order valence-corrected chi connectivity index (χ4v) is 2.14. The lowest BCUT2D eigenvalue weighted by Crippen LogP contribution is -2.18. The summed E-state index contributed by atoms with van der Waals surface area (Å²) < 4.78 is 1.90. The average molecular weight is 273 g/mol. The van der Waals surface area contributed by atoms with E-state index < -0.39 is 11.9 Å². The van der Waals surface area contributed by atoms with Crippen molar-refractivity contribution in [2.45, 2.75) is 19.3 Å². The summed E-state index contributed by atoms with van der Waals surface area (Å²) in [6, 6.07) is 9.82. The van der Waals surface area contributed by atoms with Crippen molar-refractivity contribution in [3.8, 4) is 5.69 Å². The minimum atomic E-state index is -0.785. The van der Waals surface area contributed by atoms with Gasteiger partial charge in [-0.15, -0.1) is 0 Å². The summed E-state index contributed by atoms with van der Waals surface area (Å²) in [6.45, 7) is 0.516. The quantitative estimate of drug-likeness (QED) is 0.806. The van der Waals surface area contributed by atoms with Crippen LogP contribution < -0.4 is 5.73 Å². The van der Waals surface area contributed by atoms with Crippen LogP contribution in [0.2, 0.25) is 0 Å². The van der Waals surface area contributed by atoms with E-state index in [1.165, 1.54) is 0 Å². The predicted octanol–water partition coefficient (Wildman–Crippen LogP) is 1.85. The molecule has 20 heavy (non-hydrogen) atoms. The Bertz CT molecular complexity index is 551. The minimum Gasteiger partial charge on any atom is -0.481 e. The molecule has 1 aromatic heterocycles. The molecule has 2 aromatic rings. The van der Waals surface area contributed by atoms with Crippen molar-refractivity contribution >= 4 is 5.97 Å². The summed E-state index contributed by atoms with van der Waals surface area (Å²) >= 11 is 0. The molecule has 1 atom stereocenters. The van der Waals surface area contributed by atoms with Gasteiger partial charge in [0, 0.05) is 18.3 Å². The van der Waals surface area contributed by atoms with E-state index in [2.05, 4.69) is 4.98 Å². The summed E-state index contributed by atoms with van der Waals surface area (Å²) in [5.41, 5.74) is 7.24. The lowest BCUT2D eigenvalue weighted by Gasteiger charge is -2.09. The van der Waals surface area contributed by atoms with Crippen LogP contribution in [0.15, 0.2) is 42.9 Å². The van der Waals surface area contributed by atoms with Crippen LogP contribution in [0.25, 0.3) is 5.69 Å². The second-order valence-corrected chi connectivity index (χ2v) is 4.78. The monoisotopic (exact) mass is 273 g/mol. The number of imidazole rings is 1. The van der Waals surface area contributed by atoms with E-state index in [4.69, 9.17) is 5.73 Å². The number of aliphatic carboxylic acids is 1. The van der Waals surface area contributed by atoms with Gasteiger partial charge in [-0.2, -0.15) is 0 Å². The van der Waals surface area contributed by atoms with Crippen molar-refractivity contribution in [1.82, 2.24) is 9.55 Å². The van der Waals surface area contributed by atoms with Gasteiger partial charge in [-0.3, -0.25) is 4.79 Å². The van der Waals surface area contributed by atoms with Crippen LogP contribution in [-0.2, 0) is 11.2 Å². The van der Waals surface area contributed by atoms with Crippen LogP contribution in [0.5, 0.6) is 0 Å². The second-order valence-electron chi connectivity index (χ2n) is 4.78. The molecule has 0 aliphatic carbocycles. The molecule has 0 aliphatic rings. The molecule has 3 N–H and O–H groups in total. The highest BCUT2D eigenvalue weighted by atomic mass is 16.4. The number of nitrogens with zero attached hydrogens (tertiary/aromatic N) is 2. The number of carboxylic acid groups (broad SMARTS) is 1. The van der Waals surface area contributed by atoms with Crippen LogP contribution >= 0.6 is 0 Å². The Morgan fingerprint density at radius 3 is 2.75 bits per heavy atom. The molecular formula is C15H19N3O2. The normalized spacial score (nSPS) is 12.2. The molecule has 0 spiro atoms. The fourth-order valence-electron chi connectivity index (χ4n) is 2.14. The van der Waals surface area contributed by atoms with Crippen molar-refractivity contribution < 1.29 is 9.90 Å². The fraction of sp³-hybridized carbons (Fsp3) is 0.333. The largest absolute Gasteiger partial charge is 0.481 e. The number of hydrogen-bond acceptors (Lipinski definition) is 3. The molecule has 0 bridgehead atoms. The first kappa shape index (κ1) is 14.3. The van der Waals surface area contributed by atoms with E-state index in [9.17, 15) is 9.90 Å². The highest BCUT2D eigenvalue weighted by Gasteiger charge is 2.18. The third-order valence-corrected chi connectivity index (χ3v) is 3.25. The van der Waals surface area contributed by atoms with Gasteiger partial charge < -0.3 is 15.4 Å². The molecule has 106 valence electrons. The van der Waals surface area contributed by atoms with Gasteiger partial charge in [-0.05, 0) is 31.5 Å². The van der Waals surface area contributed by atoms with Gasteiger partial charge in [0.15, 0.2) is 0 Å². The Balaban J connectivity index is 2.06. The predicted molar refractivity (Wildman–Crippen MR) is 76.7 cm³/mol. The van der Waals surface area contributed by atoms with Gasteiger partial charge >= 0.3 is 5.97 Å². The number of carbonyl (C=O) groups is 1. The van der Waals surface area contributed by atoms with Gasteiger partial charge in [0.05, 0.1) is 17.9 Å². The molecule has 0 aliphatic heterocycles. The van der Waals surface area contributed by atoms with Gasteiger partial charge in [-0.25, -0.2) is 4.98 Å². The van der Waals surface area contributed by atoms with Crippen LogP contribution in [-0.4, -0.2) is 27.2 Å². The second kappa shape index (κ2) is 6.86. The van der Waals surface area contributed by atoms with Crippen molar-refractivity contribution in [3.05, 3.63) is 48.5 Å². The maximum atomic E-state index is 11.2. The van der Waals surface area contributed by atoms with Crippen molar-refractivity contribution in [3.63, 3.8) is 0 Å². The van der Waals surface area contributed by atoms with E-state index in [-0.39, 0.29) is 0 Å². The van der Waals surface area contributed by atoms with E-state index in [0.717, 1.165) is 17.8 Å². The number of rotatable bonds is 7. The number of nitrogens with two attached hydrogens (primary N) is 1. The van der Waals surface area contributed by atoms with Gasteiger partial charge in [-0.1, -0.05) is 18.2 Å². The minimum absolute atomic E-state index is 0.419. The SMILES string of the molecule is NCCCC(Cc1cn(-c2ccccc2)cn1)C(=O)O. The number of hydrogen-bond donors (Lipinski definition) is 2. The van der Waals surface area contributed by atoms with Gasteiger partial charge in [0.1, 0.15) is 0 Å². The summed E-state index contributed by atoms with van der Waals surface area (Å²) in [5, 5.41) is 9.21. The Morgan fingerprint density at radius 2 is 2.10 bits per heavy atom. The number of benzene rings is 1. The first-order valence-corrected chi connectivity index (χ1v) is 6.72. The van der Waals surface area contributed by atoms with Crippen LogP contribution in [0.3, 0.4) is 0 Å². The smallest absolute Gasteiger partial charge is 0.306 e. The average Bonchev–Trinajstić information content (AvgIpc) is 2.92. The summed E-state index contributed by atoms with van der Waals surface area (Å²) in [6.07, 6.45) is 5.34. The van der Waals surface area contributed by atoms with E-state index >= 15 is 0 Å². The molecule has 5 nitrogen and oxygen atoms in total. The molecule has 1 unspecified atom stereocenters. The molecule has 1 aromatic carbocycles. The van der Waals surface area contributed by atoms with Crippen LogP contribution in [0.1, 0.15) is 18.5 Å². The van der Waals surface area contributed by atoms with Gasteiger partial charge in [0.25, 0.3) is 0 Å². The summed E-state index contributed by atoms with van der Waals surface area (Å²) in [5.74, 6) is -1.20. The molecule has 0 saturated carbocycles. The molecular weight excluding hydrogens is 254 g/mol. The molecule has 5 heteroatoms. The third-order valence-electron chi connectivity index (χ3n) is 3.25. The highest BCUT2D eigenvalue weighted by molar-refractivity contribution is 5.70. The Morgan fingerprint density at radius 1 is 1.35 bits per heavy atom. The number of para-hydroxylation sites is 1. The van der Waals surface area contributed by atoms with E-state index in [0.29, 0.717) is 19.4 Å². The number of carboxylic acids is 1. The zero-order valence-corrected chi connectivity index (χ0v) is 11.3. The van der Waals surface area contributed by atoms with Gasteiger partial charge in [0.2, 0.25) is 0 Å². The Hall–Kier alpha value is -2.14. The topological polar surface area (TPSA) is 81.1 Å². The molecule has 0 fully saturated rings.